The van der Waals surface area contributed by atoms with Crippen LogP contribution in [0.25, 0.3) is 0 Å². The third-order valence-corrected chi connectivity index (χ3v) is 3.65. The van der Waals surface area contributed by atoms with Crippen LogP contribution < -0.4 is 11.1 Å². The van der Waals surface area contributed by atoms with Crippen LogP contribution >= 0.6 is 23.2 Å². The number of rotatable bonds is 7. The topological polar surface area (TPSA) is 67.6 Å². The maximum atomic E-state index is 12.1. The lowest BCUT2D eigenvalue weighted by molar-refractivity contribution is -0.118. The van der Waals surface area contributed by atoms with E-state index in [1.807, 2.05) is 18.7 Å². The second-order valence-electron chi connectivity index (χ2n) is 4.77. The molecule has 5 nitrogen and oxygen atoms in total. The first-order valence-corrected chi connectivity index (χ1v) is 7.42. The van der Waals surface area contributed by atoms with E-state index in [-0.39, 0.29) is 18.5 Å². The van der Waals surface area contributed by atoms with Gasteiger partial charge in [0.05, 0.1) is 29.5 Å². The van der Waals surface area contributed by atoms with Crippen LogP contribution in [-0.4, -0.2) is 43.7 Å². The van der Waals surface area contributed by atoms with Gasteiger partial charge in [-0.25, -0.2) is 0 Å². The van der Waals surface area contributed by atoms with Gasteiger partial charge < -0.3 is 15.8 Å². The first-order chi connectivity index (χ1) is 9.88. The molecular formula is C14H21Cl2N3O2. The van der Waals surface area contributed by atoms with Gasteiger partial charge in [-0.05, 0) is 25.6 Å². The largest absolute Gasteiger partial charge is 0.397 e. The number of ether oxygens (including phenoxy) is 1. The van der Waals surface area contributed by atoms with Gasteiger partial charge in [0.15, 0.2) is 0 Å². The number of nitrogen functional groups attached to an aromatic ring is 1. The van der Waals surface area contributed by atoms with Crippen molar-refractivity contribution in [1.29, 1.82) is 0 Å². The number of nitrogens with zero attached hydrogens (tertiary/aromatic N) is 1. The number of benzene rings is 1. The summed E-state index contributed by atoms with van der Waals surface area (Å²) in [5, 5.41) is 3.48. The summed E-state index contributed by atoms with van der Waals surface area (Å²) < 4.78 is 5.11. The molecule has 0 saturated heterocycles. The fourth-order valence-corrected chi connectivity index (χ4v) is 2.57. The highest BCUT2D eigenvalue weighted by molar-refractivity contribution is 6.37. The van der Waals surface area contributed by atoms with E-state index in [0.717, 1.165) is 6.54 Å². The van der Waals surface area contributed by atoms with Gasteiger partial charge >= 0.3 is 0 Å². The number of nitrogens with one attached hydrogen (secondary N) is 1. The number of carbonyl (C=O) groups excluding carboxylic acids is 1. The Bertz CT molecular complexity index is 474. The molecule has 0 aromatic heterocycles. The van der Waals surface area contributed by atoms with Crippen LogP contribution in [0.1, 0.15) is 13.8 Å². The second kappa shape index (κ2) is 8.44. The minimum atomic E-state index is -0.185. The van der Waals surface area contributed by atoms with Crippen molar-refractivity contribution < 1.29 is 9.53 Å². The average Bonchev–Trinajstić information content (AvgIpc) is 2.40. The van der Waals surface area contributed by atoms with Crippen molar-refractivity contribution in [2.45, 2.75) is 19.9 Å². The van der Waals surface area contributed by atoms with E-state index in [0.29, 0.717) is 28.0 Å². The van der Waals surface area contributed by atoms with E-state index < -0.39 is 0 Å². The van der Waals surface area contributed by atoms with Crippen LogP contribution in [0.3, 0.4) is 0 Å². The summed E-state index contributed by atoms with van der Waals surface area (Å²) in [6, 6.07) is 3.23. The number of amides is 1. The van der Waals surface area contributed by atoms with Crippen molar-refractivity contribution in [2.75, 3.05) is 37.9 Å². The van der Waals surface area contributed by atoms with Crippen molar-refractivity contribution in [3.63, 3.8) is 0 Å². The lowest BCUT2D eigenvalue weighted by Crippen LogP contribution is -2.41. The molecule has 7 heteroatoms. The van der Waals surface area contributed by atoms with Crippen molar-refractivity contribution in [3.05, 3.63) is 22.2 Å². The van der Waals surface area contributed by atoms with E-state index in [9.17, 15) is 4.79 Å². The molecule has 0 radical (unpaired) electrons. The van der Waals surface area contributed by atoms with Gasteiger partial charge in [-0.3, -0.25) is 9.69 Å². The minimum absolute atomic E-state index is 0.142. The summed E-state index contributed by atoms with van der Waals surface area (Å²) in [4.78, 5) is 14.1. The van der Waals surface area contributed by atoms with Crippen molar-refractivity contribution >= 4 is 40.5 Å². The van der Waals surface area contributed by atoms with E-state index in [4.69, 9.17) is 33.7 Å². The van der Waals surface area contributed by atoms with Gasteiger partial charge in [0, 0.05) is 18.2 Å². The van der Waals surface area contributed by atoms with Gasteiger partial charge in [0.25, 0.3) is 0 Å². The molecule has 0 bridgehead atoms. The first kappa shape index (κ1) is 18.0. The van der Waals surface area contributed by atoms with Crippen LogP contribution in [0, 0.1) is 0 Å². The number of carbonyl (C=O) groups is 1. The van der Waals surface area contributed by atoms with E-state index >= 15 is 0 Å². The second-order valence-corrected chi connectivity index (χ2v) is 5.61. The van der Waals surface area contributed by atoms with E-state index in [1.165, 1.54) is 0 Å². The van der Waals surface area contributed by atoms with Crippen molar-refractivity contribution in [1.82, 2.24) is 4.90 Å². The maximum absolute atomic E-state index is 12.1. The third kappa shape index (κ3) is 5.36. The fraction of sp³-hybridized carbons (Fsp3) is 0.500. The SMILES string of the molecule is CCN(CC(=O)Nc1c(N)cc(Cl)cc1Cl)C(C)COC. The molecule has 1 aromatic carbocycles. The quantitative estimate of drug-likeness (QED) is 0.753. The Morgan fingerprint density at radius 1 is 1.48 bits per heavy atom. The Kier molecular flexibility index (Phi) is 7.25. The minimum Gasteiger partial charge on any atom is -0.397 e. The van der Waals surface area contributed by atoms with Gasteiger partial charge in [0.2, 0.25) is 5.91 Å². The van der Waals surface area contributed by atoms with Gasteiger partial charge in [-0.2, -0.15) is 0 Å². The molecule has 21 heavy (non-hydrogen) atoms. The summed E-state index contributed by atoms with van der Waals surface area (Å²) in [5.41, 5.74) is 6.56. The molecular weight excluding hydrogens is 313 g/mol. The normalized spacial score (nSPS) is 12.5. The Morgan fingerprint density at radius 3 is 2.67 bits per heavy atom. The smallest absolute Gasteiger partial charge is 0.238 e. The summed E-state index contributed by atoms with van der Waals surface area (Å²) in [7, 11) is 1.64. The Balaban J connectivity index is 2.73. The van der Waals surface area contributed by atoms with Crippen LogP contribution in [0.4, 0.5) is 11.4 Å². The predicted molar refractivity (Wildman–Crippen MR) is 88.1 cm³/mol. The Hall–Kier alpha value is -1.01. The van der Waals surface area contributed by atoms with Crippen LogP contribution in [0.2, 0.25) is 10.0 Å². The zero-order valence-corrected chi connectivity index (χ0v) is 14.0. The maximum Gasteiger partial charge on any atom is 0.238 e. The molecule has 0 spiro atoms. The number of hydrogen-bond acceptors (Lipinski definition) is 4. The summed E-state index contributed by atoms with van der Waals surface area (Å²) in [6.45, 7) is 5.53. The first-order valence-electron chi connectivity index (χ1n) is 6.66. The predicted octanol–water partition coefficient (Wildman–Crippen LogP) is 2.87. The molecule has 3 N–H and O–H groups in total. The molecule has 0 fully saturated rings. The molecule has 1 rings (SSSR count). The zero-order valence-electron chi connectivity index (χ0n) is 12.5. The number of methoxy groups -OCH3 is 1. The molecule has 0 saturated carbocycles. The summed E-state index contributed by atoms with van der Waals surface area (Å²) >= 11 is 11.9. The average molecular weight is 334 g/mol. The highest BCUT2D eigenvalue weighted by Crippen LogP contribution is 2.31. The standard InChI is InChI=1S/C14H21Cl2N3O2/c1-4-19(9(2)8-21-3)7-13(20)18-14-11(16)5-10(15)6-12(14)17/h5-6,9H,4,7-8,17H2,1-3H3,(H,18,20). The molecule has 1 aromatic rings. The summed E-state index contributed by atoms with van der Waals surface area (Å²) in [6.07, 6.45) is 0. The number of likely N-dealkylation sites (N-methyl/N-ethyl adjacent to an activating group) is 1. The van der Waals surface area contributed by atoms with Crippen molar-refractivity contribution in [2.24, 2.45) is 0 Å². The molecule has 0 aliphatic heterocycles. The zero-order chi connectivity index (χ0) is 16.0. The molecule has 1 unspecified atom stereocenters. The van der Waals surface area contributed by atoms with Gasteiger partial charge in [-0.15, -0.1) is 0 Å². The number of hydrogen-bond donors (Lipinski definition) is 2. The van der Waals surface area contributed by atoms with Gasteiger partial charge in [-0.1, -0.05) is 30.1 Å². The molecule has 1 atom stereocenters. The van der Waals surface area contributed by atoms with E-state index in [2.05, 4.69) is 5.32 Å². The van der Waals surface area contributed by atoms with Crippen LogP contribution in [0.5, 0.6) is 0 Å². The number of anilines is 2. The Labute approximate surface area is 135 Å². The number of nitrogens with two attached hydrogens (primary N) is 1. The molecule has 118 valence electrons. The molecule has 0 aliphatic rings. The molecule has 0 aliphatic carbocycles. The van der Waals surface area contributed by atoms with E-state index in [1.54, 1.807) is 19.2 Å². The lowest BCUT2D eigenvalue weighted by atomic mass is 10.2. The monoisotopic (exact) mass is 333 g/mol. The van der Waals surface area contributed by atoms with Crippen LogP contribution in [-0.2, 0) is 9.53 Å². The highest BCUT2D eigenvalue weighted by atomic mass is 35.5. The fourth-order valence-electron chi connectivity index (χ4n) is 2.01. The van der Waals surface area contributed by atoms with Crippen LogP contribution in [0.15, 0.2) is 12.1 Å². The third-order valence-electron chi connectivity index (χ3n) is 3.13. The van der Waals surface area contributed by atoms with Gasteiger partial charge in [0.1, 0.15) is 0 Å². The molecule has 1 amide bonds. The molecule has 0 heterocycles. The highest BCUT2D eigenvalue weighted by Gasteiger charge is 2.17. The summed E-state index contributed by atoms with van der Waals surface area (Å²) in [5.74, 6) is -0.185. The number of halogens is 2. The lowest BCUT2D eigenvalue weighted by Gasteiger charge is -2.26. The van der Waals surface area contributed by atoms with Crippen molar-refractivity contribution in [3.8, 4) is 0 Å². The Morgan fingerprint density at radius 2 is 2.14 bits per heavy atom.